The van der Waals surface area contributed by atoms with Crippen LogP contribution in [0.15, 0.2) is 42.7 Å². The molecule has 2 unspecified atom stereocenters. The highest BCUT2D eigenvalue weighted by molar-refractivity contribution is 7.40. The number of carbonyl (C=O) groups is 1. The Kier molecular flexibility index (Phi) is 8.24. The third kappa shape index (κ3) is 6.24. The quantitative estimate of drug-likeness (QED) is 0.361. The minimum absolute atomic E-state index is 0.0648. The van der Waals surface area contributed by atoms with Gasteiger partial charge in [-0.3, -0.25) is 9.78 Å². The summed E-state index contributed by atoms with van der Waals surface area (Å²) in [6.07, 6.45) is 5.08. The Labute approximate surface area is 193 Å². The van der Waals surface area contributed by atoms with Crippen LogP contribution >= 0.6 is 43.8 Å². The number of nitrogens with zero attached hydrogens (tertiary/aromatic N) is 2. The normalized spacial score (nSPS) is 12.2. The second kappa shape index (κ2) is 10.7. The Morgan fingerprint density at radius 2 is 2.00 bits per heavy atom. The van der Waals surface area contributed by atoms with Gasteiger partial charge in [0.05, 0.1) is 15.7 Å². The standard InChI is InChI=1S/C22H24Cl2N3OPS/c1-13(2)8-19-20(15-5-6-17(23)18(24)10-15)27-22(30-19)26-12-16(21(28)29)9-14-4-3-7-25-11-14/h3-7,10-11,13,16H,8-9,12,29H2,1-2H3,(H,26,27). The molecule has 0 spiro atoms. The van der Waals surface area contributed by atoms with Crippen LogP contribution in [0.5, 0.6) is 0 Å². The number of aromatic nitrogens is 2. The molecule has 0 radical (unpaired) electrons. The molecular weight excluding hydrogens is 456 g/mol. The van der Waals surface area contributed by atoms with Gasteiger partial charge in [-0.2, -0.15) is 0 Å². The van der Waals surface area contributed by atoms with Crippen molar-refractivity contribution in [2.24, 2.45) is 11.8 Å². The van der Waals surface area contributed by atoms with Gasteiger partial charge < -0.3 is 5.32 Å². The topological polar surface area (TPSA) is 54.9 Å². The molecule has 2 aromatic heterocycles. The molecule has 3 aromatic rings. The highest BCUT2D eigenvalue weighted by atomic mass is 35.5. The zero-order valence-electron chi connectivity index (χ0n) is 16.9. The van der Waals surface area contributed by atoms with E-state index in [9.17, 15) is 4.79 Å². The van der Waals surface area contributed by atoms with Crippen molar-refractivity contribution in [3.05, 3.63) is 63.2 Å². The fourth-order valence-corrected chi connectivity index (χ4v) is 4.83. The summed E-state index contributed by atoms with van der Waals surface area (Å²) in [4.78, 5) is 22.3. The Morgan fingerprint density at radius 1 is 1.20 bits per heavy atom. The van der Waals surface area contributed by atoms with Crippen molar-refractivity contribution in [3.63, 3.8) is 0 Å². The molecule has 0 aliphatic heterocycles. The second-order valence-electron chi connectivity index (χ2n) is 7.56. The Morgan fingerprint density at radius 3 is 2.63 bits per heavy atom. The van der Waals surface area contributed by atoms with Gasteiger partial charge in [-0.15, -0.1) is 11.3 Å². The van der Waals surface area contributed by atoms with E-state index in [-0.39, 0.29) is 11.4 Å². The fourth-order valence-electron chi connectivity index (χ4n) is 3.09. The molecule has 158 valence electrons. The molecule has 1 aromatic carbocycles. The summed E-state index contributed by atoms with van der Waals surface area (Å²) < 4.78 is 0. The SMILES string of the molecule is CC(C)Cc1sc(NCC(Cc2cccnc2)C(=O)P)nc1-c1ccc(Cl)c(Cl)c1. The first-order valence-corrected chi connectivity index (χ1v) is 11.9. The summed E-state index contributed by atoms with van der Waals surface area (Å²) in [5.74, 6) is 0.317. The maximum absolute atomic E-state index is 12.1. The average Bonchev–Trinajstić information content (AvgIpc) is 3.09. The highest BCUT2D eigenvalue weighted by Crippen LogP contribution is 2.35. The van der Waals surface area contributed by atoms with Crippen molar-refractivity contribution < 1.29 is 4.79 Å². The van der Waals surface area contributed by atoms with Gasteiger partial charge in [0.1, 0.15) is 0 Å². The lowest BCUT2D eigenvalue weighted by atomic mass is 10.0. The van der Waals surface area contributed by atoms with Gasteiger partial charge in [-0.1, -0.05) is 58.4 Å². The van der Waals surface area contributed by atoms with Crippen molar-refractivity contribution in [2.45, 2.75) is 26.7 Å². The van der Waals surface area contributed by atoms with Crippen molar-refractivity contribution in [1.82, 2.24) is 9.97 Å². The first-order chi connectivity index (χ1) is 14.3. The molecule has 3 rings (SSSR count). The van der Waals surface area contributed by atoms with Gasteiger partial charge in [-0.25, -0.2) is 4.98 Å². The van der Waals surface area contributed by atoms with E-state index in [1.807, 2.05) is 24.3 Å². The van der Waals surface area contributed by atoms with Crippen molar-refractivity contribution in [1.29, 1.82) is 0 Å². The number of anilines is 1. The molecule has 1 N–H and O–H groups in total. The minimum atomic E-state index is -0.176. The summed E-state index contributed by atoms with van der Waals surface area (Å²) >= 11 is 13.9. The van der Waals surface area contributed by atoms with Crippen LogP contribution in [0.4, 0.5) is 5.13 Å². The molecule has 0 saturated heterocycles. The van der Waals surface area contributed by atoms with Crippen molar-refractivity contribution >= 4 is 54.4 Å². The van der Waals surface area contributed by atoms with Crippen LogP contribution in [0.2, 0.25) is 10.0 Å². The second-order valence-corrected chi connectivity index (χ2v) is 10.0. The summed E-state index contributed by atoms with van der Waals surface area (Å²) in [6, 6.07) is 9.45. The lowest BCUT2D eigenvalue weighted by molar-refractivity contribution is -0.114. The van der Waals surface area contributed by atoms with Gasteiger partial charge in [0.25, 0.3) is 0 Å². The van der Waals surface area contributed by atoms with Gasteiger partial charge in [0.2, 0.25) is 0 Å². The van der Waals surface area contributed by atoms with Crippen LogP contribution in [-0.4, -0.2) is 22.0 Å². The van der Waals surface area contributed by atoms with Crippen molar-refractivity contribution in [2.75, 3.05) is 11.9 Å². The lowest BCUT2D eigenvalue weighted by Gasteiger charge is -2.14. The van der Waals surface area contributed by atoms with E-state index in [0.29, 0.717) is 28.9 Å². The Hall–Kier alpha value is -1.52. The Bertz CT molecular complexity index is 1010. The number of rotatable bonds is 9. The molecule has 30 heavy (non-hydrogen) atoms. The predicted molar refractivity (Wildman–Crippen MR) is 131 cm³/mol. The average molecular weight is 480 g/mol. The smallest absolute Gasteiger partial charge is 0.183 e. The summed E-state index contributed by atoms with van der Waals surface area (Å²) in [7, 11) is 2.30. The van der Waals surface area contributed by atoms with Crippen LogP contribution in [0.1, 0.15) is 24.3 Å². The molecule has 2 heterocycles. The largest absolute Gasteiger partial charge is 0.361 e. The van der Waals surface area contributed by atoms with E-state index < -0.39 is 0 Å². The van der Waals surface area contributed by atoms with Crippen LogP contribution in [0.25, 0.3) is 11.3 Å². The van der Waals surface area contributed by atoms with Crippen LogP contribution in [0, 0.1) is 11.8 Å². The van der Waals surface area contributed by atoms with E-state index in [1.54, 1.807) is 29.8 Å². The highest BCUT2D eigenvalue weighted by Gasteiger charge is 2.19. The maximum Gasteiger partial charge on any atom is 0.183 e. The van der Waals surface area contributed by atoms with Gasteiger partial charge in [0, 0.05) is 35.3 Å². The fraction of sp³-hybridized carbons (Fsp3) is 0.318. The van der Waals surface area contributed by atoms with E-state index >= 15 is 0 Å². The number of pyridine rings is 1. The molecule has 8 heteroatoms. The molecule has 2 atom stereocenters. The number of halogens is 2. The molecular formula is C22H24Cl2N3OPS. The first kappa shape index (κ1) is 23.1. The number of hydrogen-bond donors (Lipinski definition) is 1. The molecule has 0 fully saturated rings. The predicted octanol–water partition coefficient (Wildman–Crippen LogP) is 6.38. The number of hydrogen-bond acceptors (Lipinski definition) is 5. The van der Waals surface area contributed by atoms with Gasteiger partial charge in [0.15, 0.2) is 10.7 Å². The van der Waals surface area contributed by atoms with Crippen LogP contribution in [-0.2, 0) is 17.6 Å². The first-order valence-electron chi connectivity index (χ1n) is 9.70. The summed E-state index contributed by atoms with van der Waals surface area (Å²) in [5, 5.41) is 5.21. The zero-order chi connectivity index (χ0) is 21.7. The Balaban J connectivity index is 1.80. The zero-order valence-corrected chi connectivity index (χ0v) is 20.3. The number of thiazole rings is 1. The number of nitrogens with one attached hydrogen (secondary N) is 1. The third-order valence-corrected chi connectivity index (χ3v) is 6.84. The van der Waals surface area contributed by atoms with Crippen LogP contribution in [0.3, 0.4) is 0 Å². The monoisotopic (exact) mass is 479 g/mol. The molecule has 0 aliphatic carbocycles. The van der Waals surface area contributed by atoms with Crippen molar-refractivity contribution in [3.8, 4) is 11.3 Å². The lowest BCUT2D eigenvalue weighted by Crippen LogP contribution is -2.22. The summed E-state index contributed by atoms with van der Waals surface area (Å²) in [5.41, 5.74) is 2.96. The minimum Gasteiger partial charge on any atom is -0.361 e. The van der Waals surface area contributed by atoms with E-state index in [2.05, 4.69) is 33.4 Å². The summed E-state index contributed by atoms with van der Waals surface area (Å²) in [6.45, 7) is 4.87. The molecule has 0 aliphatic rings. The number of benzene rings is 1. The van der Waals surface area contributed by atoms with Gasteiger partial charge in [-0.05, 0) is 42.5 Å². The van der Waals surface area contributed by atoms with E-state index in [1.165, 1.54) is 4.88 Å². The van der Waals surface area contributed by atoms with E-state index in [4.69, 9.17) is 28.2 Å². The molecule has 0 bridgehead atoms. The third-order valence-electron chi connectivity index (χ3n) is 4.59. The molecule has 4 nitrogen and oxygen atoms in total. The van der Waals surface area contributed by atoms with Crippen LogP contribution < -0.4 is 5.32 Å². The maximum atomic E-state index is 12.1. The number of carbonyl (C=O) groups excluding carboxylic acids is 1. The molecule has 0 saturated carbocycles. The van der Waals surface area contributed by atoms with E-state index in [0.717, 1.165) is 28.4 Å². The van der Waals surface area contributed by atoms with Gasteiger partial charge >= 0.3 is 0 Å². The molecule has 0 amide bonds.